The number of carbonyl (C=O) groups excluding carboxylic acids is 1. The Morgan fingerprint density at radius 1 is 1.33 bits per heavy atom. The van der Waals surface area contributed by atoms with Crippen LogP contribution in [0, 0.1) is 0 Å². The zero-order chi connectivity index (χ0) is 14.9. The number of anilines is 1. The highest BCUT2D eigenvalue weighted by Gasteiger charge is 2.14. The van der Waals surface area contributed by atoms with Gasteiger partial charge in [-0.25, -0.2) is 9.97 Å². The van der Waals surface area contributed by atoms with E-state index in [4.69, 9.17) is 4.74 Å². The van der Waals surface area contributed by atoms with Gasteiger partial charge in [0, 0.05) is 19.7 Å². The Balaban J connectivity index is 1.72. The molecular formula is C15H24N4O2. The van der Waals surface area contributed by atoms with Crippen LogP contribution in [0.2, 0.25) is 0 Å². The van der Waals surface area contributed by atoms with Crippen LogP contribution in [0.5, 0.6) is 0 Å². The lowest BCUT2D eigenvalue weighted by atomic mass is 10.1. The van der Waals surface area contributed by atoms with Gasteiger partial charge in [-0.05, 0) is 32.1 Å². The standard InChI is InChI=1S/C15H24N4O2/c1-2-7-16-14-11-18-13(10-19-14)15(20)17-8-6-12-5-3-4-9-21-12/h10-12H,2-9H2,1H3,(H,16,19)(H,17,20). The molecule has 2 heterocycles. The molecule has 0 spiro atoms. The molecule has 1 aliphatic rings. The molecule has 2 rings (SSSR count). The molecule has 21 heavy (non-hydrogen) atoms. The lowest BCUT2D eigenvalue weighted by Gasteiger charge is -2.22. The van der Waals surface area contributed by atoms with Gasteiger partial charge in [0.2, 0.25) is 0 Å². The van der Waals surface area contributed by atoms with Gasteiger partial charge in [-0.3, -0.25) is 4.79 Å². The van der Waals surface area contributed by atoms with Crippen LogP contribution in [0.4, 0.5) is 5.82 Å². The molecule has 0 saturated carbocycles. The molecule has 1 unspecified atom stereocenters. The minimum atomic E-state index is -0.180. The highest BCUT2D eigenvalue weighted by molar-refractivity contribution is 5.91. The first kappa shape index (κ1) is 15.7. The molecule has 0 radical (unpaired) electrons. The van der Waals surface area contributed by atoms with Gasteiger partial charge in [-0.2, -0.15) is 0 Å². The van der Waals surface area contributed by atoms with E-state index < -0.39 is 0 Å². The SMILES string of the molecule is CCCNc1cnc(C(=O)NCCC2CCCCO2)cn1. The predicted octanol–water partition coefficient (Wildman–Crippen LogP) is 1.99. The quantitative estimate of drug-likeness (QED) is 0.803. The molecule has 2 N–H and O–H groups in total. The van der Waals surface area contributed by atoms with Crippen LogP contribution in [0.25, 0.3) is 0 Å². The number of nitrogens with zero attached hydrogens (tertiary/aromatic N) is 2. The number of rotatable bonds is 7. The van der Waals surface area contributed by atoms with Gasteiger partial charge < -0.3 is 15.4 Å². The Labute approximate surface area is 125 Å². The molecule has 116 valence electrons. The molecule has 6 heteroatoms. The molecular weight excluding hydrogens is 268 g/mol. The summed E-state index contributed by atoms with van der Waals surface area (Å²) in [6.07, 6.45) is 8.72. The third kappa shape index (κ3) is 5.30. The van der Waals surface area contributed by atoms with Crippen molar-refractivity contribution in [2.45, 2.75) is 45.1 Å². The highest BCUT2D eigenvalue weighted by atomic mass is 16.5. The molecule has 1 aromatic heterocycles. The average Bonchev–Trinajstić information content (AvgIpc) is 2.54. The van der Waals surface area contributed by atoms with Crippen molar-refractivity contribution in [3.63, 3.8) is 0 Å². The molecule has 1 fully saturated rings. The first-order valence-corrected chi connectivity index (χ1v) is 7.75. The Kier molecular flexibility index (Phi) is 6.40. The zero-order valence-electron chi connectivity index (χ0n) is 12.6. The van der Waals surface area contributed by atoms with E-state index in [-0.39, 0.29) is 12.0 Å². The Hall–Kier alpha value is -1.69. The van der Waals surface area contributed by atoms with E-state index in [1.165, 1.54) is 12.6 Å². The van der Waals surface area contributed by atoms with Crippen molar-refractivity contribution in [1.82, 2.24) is 15.3 Å². The number of hydrogen-bond acceptors (Lipinski definition) is 5. The summed E-state index contributed by atoms with van der Waals surface area (Å²) >= 11 is 0. The summed E-state index contributed by atoms with van der Waals surface area (Å²) in [5, 5.41) is 5.99. The molecule has 1 aromatic rings. The number of ether oxygens (including phenoxy) is 1. The fourth-order valence-corrected chi connectivity index (χ4v) is 2.26. The predicted molar refractivity (Wildman–Crippen MR) is 81.4 cm³/mol. The number of carbonyl (C=O) groups is 1. The summed E-state index contributed by atoms with van der Waals surface area (Å²) in [5.74, 6) is 0.518. The van der Waals surface area contributed by atoms with Crippen molar-refractivity contribution >= 4 is 11.7 Å². The topological polar surface area (TPSA) is 76.1 Å². The summed E-state index contributed by atoms with van der Waals surface area (Å²) in [7, 11) is 0. The lowest BCUT2D eigenvalue weighted by Crippen LogP contribution is -2.30. The minimum absolute atomic E-state index is 0.180. The zero-order valence-corrected chi connectivity index (χ0v) is 12.6. The molecule has 0 aliphatic carbocycles. The maximum absolute atomic E-state index is 11.9. The van der Waals surface area contributed by atoms with Crippen molar-refractivity contribution in [2.24, 2.45) is 0 Å². The molecule has 0 bridgehead atoms. The van der Waals surface area contributed by atoms with Crippen LogP contribution in [0.1, 0.15) is 49.5 Å². The summed E-state index contributed by atoms with van der Waals surface area (Å²) in [6, 6.07) is 0. The van der Waals surface area contributed by atoms with Crippen molar-refractivity contribution in [2.75, 3.05) is 25.0 Å². The van der Waals surface area contributed by atoms with Crippen LogP contribution >= 0.6 is 0 Å². The summed E-state index contributed by atoms with van der Waals surface area (Å²) in [4.78, 5) is 20.2. The molecule has 0 aromatic carbocycles. The lowest BCUT2D eigenvalue weighted by molar-refractivity contribution is 0.0117. The van der Waals surface area contributed by atoms with Gasteiger partial charge in [0.05, 0.1) is 18.5 Å². The number of hydrogen-bond donors (Lipinski definition) is 2. The van der Waals surface area contributed by atoms with Crippen molar-refractivity contribution in [3.8, 4) is 0 Å². The molecule has 1 saturated heterocycles. The monoisotopic (exact) mass is 292 g/mol. The Bertz CT molecular complexity index is 430. The van der Waals surface area contributed by atoms with Crippen LogP contribution < -0.4 is 10.6 Å². The smallest absolute Gasteiger partial charge is 0.271 e. The van der Waals surface area contributed by atoms with Gasteiger partial charge in [0.15, 0.2) is 0 Å². The van der Waals surface area contributed by atoms with Crippen LogP contribution in [-0.4, -0.2) is 41.7 Å². The summed E-state index contributed by atoms with van der Waals surface area (Å²) < 4.78 is 5.63. The molecule has 1 amide bonds. The Morgan fingerprint density at radius 3 is 2.90 bits per heavy atom. The first-order valence-electron chi connectivity index (χ1n) is 7.75. The van der Waals surface area contributed by atoms with E-state index in [9.17, 15) is 4.79 Å². The third-order valence-electron chi connectivity index (χ3n) is 3.47. The maximum Gasteiger partial charge on any atom is 0.271 e. The van der Waals surface area contributed by atoms with Crippen molar-refractivity contribution in [1.29, 1.82) is 0 Å². The van der Waals surface area contributed by atoms with Gasteiger partial charge in [-0.15, -0.1) is 0 Å². The molecule has 1 aliphatic heterocycles. The van der Waals surface area contributed by atoms with E-state index in [0.717, 1.165) is 38.8 Å². The van der Waals surface area contributed by atoms with Crippen molar-refractivity contribution < 1.29 is 9.53 Å². The largest absolute Gasteiger partial charge is 0.378 e. The molecule has 6 nitrogen and oxygen atoms in total. The van der Waals surface area contributed by atoms with Gasteiger partial charge >= 0.3 is 0 Å². The van der Waals surface area contributed by atoms with E-state index in [2.05, 4.69) is 27.5 Å². The highest BCUT2D eigenvalue weighted by Crippen LogP contribution is 2.14. The maximum atomic E-state index is 11.9. The van der Waals surface area contributed by atoms with Crippen LogP contribution in [0.15, 0.2) is 12.4 Å². The summed E-state index contributed by atoms with van der Waals surface area (Å²) in [6.45, 7) is 4.39. The van der Waals surface area contributed by atoms with Crippen LogP contribution in [0.3, 0.4) is 0 Å². The van der Waals surface area contributed by atoms with E-state index in [1.807, 2.05) is 0 Å². The minimum Gasteiger partial charge on any atom is -0.378 e. The van der Waals surface area contributed by atoms with Crippen LogP contribution in [-0.2, 0) is 4.74 Å². The third-order valence-corrected chi connectivity index (χ3v) is 3.47. The second-order valence-corrected chi connectivity index (χ2v) is 5.25. The normalized spacial score (nSPS) is 18.2. The van der Waals surface area contributed by atoms with Gasteiger partial charge in [0.1, 0.15) is 11.5 Å². The van der Waals surface area contributed by atoms with E-state index in [0.29, 0.717) is 18.1 Å². The van der Waals surface area contributed by atoms with Crippen molar-refractivity contribution in [3.05, 3.63) is 18.1 Å². The van der Waals surface area contributed by atoms with Gasteiger partial charge in [-0.1, -0.05) is 6.92 Å². The average molecular weight is 292 g/mol. The van der Waals surface area contributed by atoms with E-state index >= 15 is 0 Å². The summed E-state index contributed by atoms with van der Waals surface area (Å²) in [5.41, 5.74) is 0.349. The second kappa shape index (κ2) is 8.56. The molecule has 1 atom stereocenters. The fraction of sp³-hybridized carbons (Fsp3) is 0.667. The second-order valence-electron chi connectivity index (χ2n) is 5.25. The first-order chi connectivity index (χ1) is 10.3. The van der Waals surface area contributed by atoms with Gasteiger partial charge in [0.25, 0.3) is 5.91 Å². The Morgan fingerprint density at radius 2 is 2.24 bits per heavy atom. The number of amides is 1. The fourth-order valence-electron chi connectivity index (χ4n) is 2.26. The number of aromatic nitrogens is 2. The number of nitrogens with one attached hydrogen (secondary N) is 2. The van der Waals surface area contributed by atoms with E-state index in [1.54, 1.807) is 6.20 Å².